The number of hydrogen-bond acceptors (Lipinski definition) is 2. The van der Waals surface area contributed by atoms with E-state index >= 15 is 0 Å². The molecule has 1 unspecified atom stereocenters. The molecular formula is C12H16N2. The first-order chi connectivity index (χ1) is 6.60. The molecule has 1 aromatic carbocycles. The Bertz CT molecular complexity index is 375. The van der Waals surface area contributed by atoms with Crippen LogP contribution in [0.3, 0.4) is 0 Å². The zero-order valence-electron chi connectivity index (χ0n) is 9.18. The molecule has 0 aromatic heterocycles. The number of nitrogens with zero attached hydrogens (tertiary/aromatic N) is 1. The third-order valence-electron chi connectivity index (χ3n) is 2.61. The summed E-state index contributed by atoms with van der Waals surface area (Å²) in [4.78, 5) is 0. The molecule has 0 fully saturated rings. The Kier molecular flexibility index (Phi) is 3.27. The second kappa shape index (κ2) is 4.26. The Hall–Kier alpha value is -1.33. The van der Waals surface area contributed by atoms with E-state index in [4.69, 9.17) is 5.26 Å². The summed E-state index contributed by atoms with van der Waals surface area (Å²) in [5.41, 5.74) is 4.77. The van der Waals surface area contributed by atoms with Crippen LogP contribution in [0.1, 0.15) is 28.3 Å². The zero-order valence-corrected chi connectivity index (χ0v) is 9.18. The molecule has 0 saturated heterocycles. The molecule has 2 heteroatoms. The smallest absolute Gasteiger partial charge is 0.121 e. The van der Waals surface area contributed by atoms with Crippen molar-refractivity contribution in [2.75, 3.05) is 7.05 Å². The van der Waals surface area contributed by atoms with Crippen molar-refractivity contribution in [1.82, 2.24) is 5.32 Å². The molecule has 0 aliphatic heterocycles. The van der Waals surface area contributed by atoms with Crippen LogP contribution in [0.15, 0.2) is 12.1 Å². The van der Waals surface area contributed by atoms with Crippen LogP contribution < -0.4 is 5.32 Å². The molecule has 0 aliphatic rings. The molecule has 1 atom stereocenters. The lowest BCUT2D eigenvalue weighted by Gasteiger charge is -2.13. The maximum Gasteiger partial charge on any atom is 0.121 e. The molecular weight excluding hydrogens is 172 g/mol. The number of rotatable bonds is 2. The number of nitrogens with one attached hydrogen (secondary N) is 1. The lowest BCUT2D eigenvalue weighted by Crippen LogP contribution is -2.15. The van der Waals surface area contributed by atoms with Gasteiger partial charge in [-0.2, -0.15) is 5.26 Å². The van der Waals surface area contributed by atoms with Crippen LogP contribution >= 0.6 is 0 Å². The Morgan fingerprint density at radius 1 is 1.14 bits per heavy atom. The quantitative estimate of drug-likeness (QED) is 0.773. The van der Waals surface area contributed by atoms with Gasteiger partial charge in [-0.1, -0.05) is 12.1 Å². The van der Waals surface area contributed by atoms with Gasteiger partial charge < -0.3 is 5.32 Å². The highest BCUT2D eigenvalue weighted by Crippen LogP contribution is 2.20. The largest absolute Gasteiger partial charge is 0.301 e. The summed E-state index contributed by atoms with van der Waals surface area (Å²) in [6, 6.07) is 6.27. The first-order valence-electron chi connectivity index (χ1n) is 4.74. The molecule has 74 valence electrons. The van der Waals surface area contributed by atoms with Crippen molar-refractivity contribution in [3.63, 3.8) is 0 Å². The molecule has 0 amide bonds. The molecule has 0 saturated carbocycles. The van der Waals surface area contributed by atoms with E-state index in [9.17, 15) is 0 Å². The summed E-state index contributed by atoms with van der Waals surface area (Å²) in [5.74, 6) is 0. The first-order valence-corrected chi connectivity index (χ1v) is 4.74. The van der Waals surface area contributed by atoms with Crippen molar-refractivity contribution in [2.45, 2.75) is 26.8 Å². The highest BCUT2D eigenvalue weighted by molar-refractivity contribution is 5.40. The number of benzene rings is 1. The van der Waals surface area contributed by atoms with Gasteiger partial charge in [-0.05, 0) is 50.1 Å². The number of aryl methyl sites for hydroxylation is 3. The summed E-state index contributed by atoms with van der Waals surface area (Å²) >= 11 is 0. The molecule has 0 heterocycles. The van der Waals surface area contributed by atoms with E-state index in [1.54, 1.807) is 0 Å². The van der Waals surface area contributed by atoms with Crippen molar-refractivity contribution in [1.29, 1.82) is 5.26 Å². The highest BCUT2D eigenvalue weighted by atomic mass is 14.9. The number of nitriles is 1. The van der Waals surface area contributed by atoms with Crippen LogP contribution in [0.5, 0.6) is 0 Å². The van der Waals surface area contributed by atoms with E-state index in [0.717, 1.165) is 5.56 Å². The van der Waals surface area contributed by atoms with Crippen molar-refractivity contribution < 1.29 is 0 Å². The Morgan fingerprint density at radius 2 is 1.71 bits per heavy atom. The Labute approximate surface area is 85.6 Å². The summed E-state index contributed by atoms with van der Waals surface area (Å²) < 4.78 is 0. The van der Waals surface area contributed by atoms with Gasteiger partial charge >= 0.3 is 0 Å². The van der Waals surface area contributed by atoms with Crippen LogP contribution in [-0.2, 0) is 0 Å². The monoisotopic (exact) mass is 188 g/mol. The molecule has 0 spiro atoms. The zero-order chi connectivity index (χ0) is 10.7. The van der Waals surface area contributed by atoms with Gasteiger partial charge in [0.15, 0.2) is 0 Å². The van der Waals surface area contributed by atoms with E-state index in [-0.39, 0.29) is 6.04 Å². The molecule has 1 N–H and O–H groups in total. The topological polar surface area (TPSA) is 35.8 Å². The average molecular weight is 188 g/mol. The van der Waals surface area contributed by atoms with Gasteiger partial charge in [-0.25, -0.2) is 0 Å². The molecule has 0 aliphatic carbocycles. The third kappa shape index (κ3) is 1.94. The summed E-state index contributed by atoms with van der Waals surface area (Å²) in [6.07, 6.45) is 0. The maximum absolute atomic E-state index is 8.95. The molecule has 2 nitrogen and oxygen atoms in total. The van der Waals surface area contributed by atoms with Crippen molar-refractivity contribution in [2.24, 2.45) is 0 Å². The second-order valence-electron chi connectivity index (χ2n) is 3.64. The van der Waals surface area contributed by atoms with E-state index in [2.05, 4.69) is 37.4 Å². The summed E-state index contributed by atoms with van der Waals surface area (Å²) in [5, 5.41) is 11.9. The maximum atomic E-state index is 8.95. The van der Waals surface area contributed by atoms with Crippen LogP contribution in [0.25, 0.3) is 0 Å². The van der Waals surface area contributed by atoms with Gasteiger partial charge in [0.1, 0.15) is 6.04 Å². The number of hydrogen-bond donors (Lipinski definition) is 1. The van der Waals surface area contributed by atoms with Crippen molar-refractivity contribution in [3.05, 3.63) is 34.4 Å². The van der Waals surface area contributed by atoms with Crippen LogP contribution in [-0.4, -0.2) is 7.05 Å². The van der Waals surface area contributed by atoms with Crippen LogP contribution in [0.4, 0.5) is 0 Å². The van der Waals surface area contributed by atoms with Gasteiger partial charge in [-0.3, -0.25) is 0 Å². The van der Waals surface area contributed by atoms with Gasteiger partial charge in [0.2, 0.25) is 0 Å². The van der Waals surface area contributed by atoms with E-state index in [0.29, 0.717) is 0 Å². The summed E-state index contributed by atoms with van der Waals surface area (Å²) in [6.45, 7) is 6.21. The van der Waals surface area contributed by atoms with Crippen LogP contribution in [0.2, 0.25) is 0 Å². The molecule has 1 rings (SSSR count). The minimum atomic E-state index is -0.200. The SMILES string of the molecule is CNC(C#N)c1cc(C)c(C)cc1C. The molecule has 1 aromatic rings. The van der Waals surface area contributed by atoms with E-state index < -0.39 is 0 Å². The van der Waals surface area contributed by atoms with Gasteiger partial charge in [-0.15, -0.1) is 0 Å². The Balaban J connectivity index is 3.22. The van der Waals surface area contributed by atoms with E-state index in [1.807, 2.05) is 14.0 Å². The fraction of sp³-hybridized carbons (Fsp3) is 0.417. The standard InChI is InChI=1S/C12H16N2/c1-8-5-10(3)11(6-9(8)2)12(7-13)14-4/h5-6,12,14H,1-4H3. The average Bonchev–Trinajstić information content (AvgIpc) is 2.15. The van der Waals surface area contributed by atoms with Crippen molar-refractivity contribution >= 4 is 0 Å². The predicted molar refractivity (Wildman–Crippen MR) is 58.1 cm³/mol. The fourth-order valence-electron chi connectivity index (χ4n) is 1.58. The predicted octanol–water partition coefficient (Wildman–Crippen LogP) is 2.40. The van der Waals surface area contributed by atoms with Crippen molar-refractivity contribution in [3.8, 4) is 6.07 Å². The minimum Gasteiger partial charge on any atom is -0.301 e. The normalized spacial score (nSPS) is 12.2. The first kappa shape index (κ1) is 10.7. The van der Waals surface area contributed by atoms with E-state index in [1.165, 1.54) is 16.7 Å². The molecule has 14 heavy (non-hydrogen) atoms. The molecule has 0 bridgehead atoms. The van der Waals surface area contributed by atoms with Gasteiger partial charge in [0.25, 0.3) is 0 Å². The lowest BCUT2D eigenvalue weighted by atomic mass is 9.96. The highest BCUT2D eigenvalue weighted by Gasteiger charge is 2.11. The second-order valence-corrected chi connectivity index (χ2v) is 3.64. The van der Waals surface area contributed by atoms with Gasteiger partial charge in [0, 0.05) is 0 Å². The van der Waals surface area contributed by atoms with Crippen LogP contribution in [0, 0.1) is 32.1 Å². The fourth-order valence-corrected chi connectivity index (χ4v) is 1.58. The Morgan fingerprint density at radius 3 is 2.21 bits per heavy atom. The molecule has 0 radical (unpaired) electrons. The van der Waals surface area contributed by atoms with Gasteiger partial charge in [0.05, 0.1) is 6.07 Å². The third-order valence-corrected chi connectivity index (χ3v) is 2.61. The lowest BCUT2D eigenvalue weighted by molar-refractivity contribution is 0.721. The summed E-state index contributed by atoms with van der Waals surface area (Å²) in [7, 11) is 1.81. The minimum absolute atomic E-state index is 0.200.